The maximum atomic E-state index is 12.2. The molecule has 1 atom stereocenters. The standard InChI is InChI=1S/C16H16N2O4/c1-3-21-16(20)13-9(2)22-15(18)12(8-17)14(13)10-5-4-6-11(19)7-10/h4-7,14,19H,3,18H2,1-2H3/t14-/m0/s1. The summed E-state index contributed by atoms with van der Waals surface area (Å²) in [7, 11) is 0. The number of phenols is 1. The number of allylic oxidation sites excluding steroid dienone is 2. The normalized spacial score (nSPS) is 17.8. The molecule has 1 aliphatic heterocycles. The van der Waals surface area contributed by atoms with Crippen LogP contribution in [0.4, 0.5) is 0 Å². The van der Waals surface area contributed by atoms with E-state index in [4.69, 9.17) is 15.2 Å². The molecule has 22 heavy (non-hydrogen) atoms. The average molecular weight is 300 g/mol. The number of nitrogens with two attached hydrogens (primary N) is 1. The minimum Gasteiger partial charge on any atom is -0.508 e. The minimum absolute atomic E-state index is 0.0284. The zero-order chi connectivity index (χ0) is 16.3. The Bertz CT molecular complexity index is 713. The van der Waals surface area contributed by atoms with Crippen molar-refractivity contribution >= 4 is 5.97 Å². The molecule has 0 spiro atoms. The van der Waals surface area contributed by atoms with Crippen LogP contribution in [0.25, 0.3) is 0 Å². The van der Waals surface area contributed by atoms with Crippen molar-refractivity contribution in [2.45, 2.75) is 19.8 Å². The fraction of sp³-hybridized carbons (Fsp3) is 0.250. The van der Waals surface area contributed by atoms with Crippen molar-refractivity contribution in [1.29, 1.82) is 5.26 Å². The molecule has 0 fully saturated rings. The molecule has 0 saturated heterocycles. The van der Waals surface area contributed by atoms with Gasteiger partial charge in [0.15, 0.2) is 0 Å². The van der Waals surface area contributed by atoms with Crippen molar-refractivity contribution in [1.82, 2.24) is 0 Å². The van der Waals surface area contributed by atoms with E-state index in [9.17, 15) is 15.2 Å². The molecule has 114 valence electrons. The Balaban J connectivity index is 2.62. The first-order chi connectivity index (χ1) is 10.5. The SMILES string of the molecule is CCOC(=O)C1=C(C)OC(N)=C(C#N)[C@@H]1c1cccc(O)c1. The molecule has 3 N–H and O–H groups in total. The number of carbonyl (C=O) groups excluding carboxylic acids is 1. The van der Waals surface area contributed by atoms with Gasteiger partial charge in [-0.2, -0.15) is 5.26 Å². The fourth-order valence-electron chi connectivity index (χ4n) is 2.39. The molecule has 0 unspecified atom stereocenters. The Morgan fingerprint density at radius 1 is 1.55 bits per heavy atom. The molecule has 1 aromatic carbocycles. The van der Waals surface area contributed by atoms with Gasteiger partial charge in [-0.1, -0.05) is 12.1 Å². The molecular formula is C16H16N2O4. The van der Waals surface area contributed by atoms with Crippen molar-refractivity contribution in [3.8, 4) is 11.8 Å². The molecule has 1 aromatic rings. The topological polar surface area (TPSA) is 106 Å². The highest BCUT2D eigenvalue weighted by molar-refractivity contribution is 5.92. The van der Waals surface area contributed by atoms with Crippen LogP contribution in [0.3, 0.4) is 0 Å². The summed E-state index contributed by atoms with van der Waals surface area (Å²) in [5.41, 5.74) is 6.65. The molecule has 0 bridgehead atoms. The van der Waals surface area contributed by atoms with Crippen molar-refractivity contribution in [2.24, 2.45) is 5.73 Å². The van der Waals surface area contributed by atoms with Crippen LogP contribution in [-0.2, 0) is 14.3 Å². The second kappa shape index (κ2) is 6.22. The first-order valence-corrected chi connectivity index (χ1v) is 6.74. The van der Waals surface area contributed by atoms with Gasteiger partial charge in [-0.05, 0) is 31.5 Å². The van der Waals surface area contributed by atoms with Gasteiger partial charge in [0.25, 0.3) is 0 Å². The lowest BCUT2D eigenvalue weighted by molar-refractivity contribution is -0.139. The van der Waals surface area contributed by atoms with Gasteiger partial charge in [-0.15, -0.1) is 0 Å². The lowest BCUT2D eigenvalue weighted by Crippen LogP contribution is -2.25. The number of nitrogens with zero attached hydrogens (tertiary/aromatic N) is 1. The van der Waals surface area contributed by atoms with Crippen LogP contribution in [0.5, 0.6) is 5.75 Å². The number of aromatic hydroxyl groups is 1. The number of benzene rings is 1. The Labute approximate surface area is 128 Å². The molecule has 6 heteroatoms. The maximum absolute atomic E-state index is 12.2. The first kappa shape index (κ1) is 15.4. The molecule has 6 nitrogen and oxygen atoms in total. The number of nitriles is 1. The van der Waals surface area contributed by atoms with Crippen molar-refractivity contribution < 1.29 is 19.4 Å². The van der Waals surface area contributed by atoms with E-state index in [1.807, 2.05) is 6.07 Å². The fourth-order valence-corrected chi connectivity index (χ4v) is 2.39. The highest BCUT2D eigenvalue weighted by Gasteiger charge is 2.36. The van der Waals surface area contributed by atoms with E-state index in [0.29, 0.717) is 5.56 Å². The van der Waals surface area contributed by atoms with E-state index in [-0.39, 0.29) is 35.1 Å². The van der Waals surface area contributed by atoms with Crippen molar-refractivity contribution in [2.75, 3.05) is 6.61 Å². The molecular weight excluding hydrogens is 284 g/mol. The van der Waals surface area contributed by atoms with Crippen LogP contribution in [0.1, 0.15) is 25.3 Å². The number of phenolic OH excluding ortho intramolecular Hbond substituents is 1. The molecule has 1 aliphatic rings. The van der Waals surface area contributed by atoms with Crippen LogP contribution >= 0.6 is 0 Å². The highest BCUT2D eigenvalue weighted by atomic mass is 16.5. The summed E-state index contributed by atoms with van der Waals surface area (Å²) in [6, 6.07) is 8.29. The van der Waals surface area contributed by atoms with Gasteiger partial charge in [0.2, 0.25) is 5.88 Å². The van der Waals surface area contributed by atoms with Crippen LogP contribution < -0.4 is 5.73 Å². The first-order valence-electron chi connectivity index (χ1n) is 6.74. The summed E-state index contributed by atoms with van der Waals surface area (Å²) in [6.45, 7) is 3.47. The third-order valence-electron chi connectivity index (χ3n) is 3.30. The number of rotatable bonds is 3. The predicted molar refractivity (Wildman–Crippen MR) is 78.1 cm³/mol. The number of hydrogen-bond acceptors (Lipinski definition) is 6. The quantitative estimate of drug-likeness (QED) is 0.827. The van der Waals surface area contributed by atoms with Gasteiger partial charge >= 0.3 is 5.97 Å². The van der Waals surface area contributed by atoms with Gasteiger partial charge in [0, 0.05) is 0 Å². The summed E-state index contributed by atoms with van der Waals surface area (Å²) in [4.78, 5) is 12.2. The predicted octanol–water partition coefficient (Wildman–Crippen LogP) is 2.04. The second-order valence-electron chi connectivity index (χ2n) is 4.71. The van der Waals surface area contributed by atoms with E-state index in [0.717, 1.165) is 0 Å². The Kier molecular flexibility index (Phi) is 4.37. The van der Waals surface area contributed by atoms with Gasteiger partial charge in [-0.25, -0.2) is 4.79 Å². The third-order valence-corrected chi connectivity index (χ3v) is 3.30. The van der Waals surface area contributed by atoms with Crippen LogP contribution in [0, 0.1) is 11.3 Å². The Morgan fingerprint density at radius 2 is 2.27 bits per heavy atom. The second-order valence-corrected chi connectivity index (χ2v) is 4.71. The summed E-state index contributed by atoms with van der Waals surface area (Å²) in [5, 5.41) is 19.0. The highest BCUT2D eigenvalue weighted by Crippen LogP contribution is 2.40. The zero-order valence-corrected chi connectivity index (χ0v) is 12.3. The third kappa shape index (κ3) is 2.74. The van der Waals surface area contributed by atoms with E-state index >= 15 is 0 Å². The van der Waals surface area contributed by atoms with Crippen LogP contribution in [0.15, 0.2) is 47.1 Å². The van der Waals surface area contributed by atoms with Gasteiger partial charge in [0.1, 0.15) is 23.2 Å². The Hall–Kier alpha value is -2.94. The lowest BCUT2D eigenvalue weighted by Gasteiger charge is -2.26. The van der Waals surface area contributed by atoms with E-state index in [2.05, 4.69) is 0 Å². The number of carbonyl (C=O) groups is 1. The average Bonchev–Trinajstić information content (AvgIpc) is 2.46. The molecule has 0 aromatic heterocycles. The Morgan fingerprint density at radius 3 is 2.86 bits per heavy atom. The van der Waals surface area contributed by atoms with E-state index in [1.54, 1.807) is 26.0 Å². The monoisotopic (exact) mass is 300 g/mol. The molecule has 2 rings (SSSR count). The molecule has 0 saturated carbocycles. The number of hydrogen-bond donors (Lipinski definition) is 2. The van der Waals surface area contributed by atoms with Gasteiger partial charge in [0.05, 0.1) is 18.1 Å². The smallest absolute Gasteiger partial charge is 0.338 e. The van der Waals surface area contributed by atoms with Crippen molar-refractivity contribution in [3.63, 3.8) is 0 Å². The van der Waals surface area contributed by atoms with Crippen LogP contribution in [-0.4, -0.2) is 17.7 Å². The van der Waals surface area contributed by atoms with Gasteiger partial charge < -0.3 is 20.3 Å². The molecule has 1 heterocycles. The summed E-state index contributed by atoms with van der Waals surface area (Å²) in [6.07, 6.45) is 0. The van der Waals surface area contributed by atoms with Crippen molar-refractivity contribution in [3.05, 3.63) is 52.6 Å². The maximum Gasteiger partial charge on any atom is 0.338 e. The number of esters is 1. The van der Waals surface area contributed by atoms with E-state index < -0.39 is 11.9 Å². The molecule has 0 radical (unpaired) electrons. The summed E-state index contributed by atoms with van der Waals surface area (Å²) < 4.78 is 10.4. The lowest BCUT2D eigenvalue weighted by atomic mass is 9.83. The van der Waals surface area contributed by atoms with Gasteiger partial charge in [-0.3, -0.25) is 0 Å². The van der Waals surface area contributed by atoms with E-state index in [1.165, 1.54) is 12.1 Å². The zero-order valence-electron chi connectivity index (χ0n) is 12.3. The summed E-state index contributed by atoms with van der Waals surface area (Å²) in [5.74, 6) is -1.05. The van der Waals surface area contributed by atoms with Crippen LogP contribution in [0.2, 0.25) is 0 Å². The number of ether oxygens (including phenoxy) is 2. The molecule has 0 aliphatic carbocycles. The largest absolute Gasteiger partial charge is 0.508 e. The molecule has 0 amide bonds. The minimum atomic E-state index is -0.732. The summed E-state index contributed by atoms with van der Waals surface area (Å²) >= 11 is 0.